The average Bonchev–Trinajstić information content (AvgIpc) is 2.62. The van der Waals surface area contributed by atoms with Crippen molar-refractivity contribution in [3.05, 3.63) is 33.4 Å². The first kappa shape index (κ1) is 14.2. The summed E-state index contributed by atoms with van der Waals surface area (Å²) in [6, 6.07) is 5.84. The topological polar surface area (TPSA) is 55.9 Å². The molecular formula is C13H16BrClN4. The van der Waals surface area contributed by atoms with Crippen molar-refractivity contribution in [2.24, 2.45) is 0 Å². The van der Waals surface area contributed by atoms with Gasteiger partial charge in [0.1, 0.15) is 0 Å². The third-order valence-corrected chi connectivity index (χ3v) is 3.63. The Labute approximate surface area is 126 Å². The number of nitrogens with zero attached hydrogens (tertiary/aromatic N) is 2. The highest BCUT2D eigenvalue weighted by Gasteiger charge is 2.15. The Morgan fingerprint density at radius 1 is 1.42 bits per heavy atom. The molecule has 3 N–H and O–H groups in total. The average molecular weight is 344 g/mol. The van der Waals surface area contributed by atoms with Crippen molar-refractivity contribution in [1.82, 2.24) is 9.78 Å². The van der Waals surface area contributed by atoms with Crippen LogP contribution in [0.15, 0.2) is 22.7 Å². The van der Waals surface area contributed by atoms with Gasteiger partial charge in [-0.25, -0.2) is 4.68 Å². The first-order valence-corrected chi connectivity index (χ1v) is 7.14. The van der Waals surface area contributed by atoms with Crippen LogP contribution in [0.1, 0.15) is 25.6 Å². The molecule has 1 aromatic carbocycles. The predicted molar refractivity (Wildman–Crippen MR) is 84.2 cm³/mol. The van der Waals surface area contributed by atoms with E-state index in [4.69, 9.17) is 17.3 Å². The highest BCUT2D eigenvalue weighted by molar-refractivity contribution is 9.10. The molecule has 102 valence electrons. The number of aromatic nitrogens is 2. The van der Waals surface area contributed by atoms with Gasteiger partial charge in [0.2, 0.25) is 0 Å². The number of benzene rings is 1. The van der Waals surface area contributed by atoms with Crippen LogP contribution in [0.4, 0.5) is 17.2 Å². The maximum Gasteiger partial charge on any atom is 0.152 e. The summed E-state index contributed by atoms with van der Waals surface area (Å²) in [6.07, 6.45) is 0. The van der Waals surface area contributed by atoms with Gasteiger partial charge in [-0.1, -0.05) is 27.5 Å². The van der Waals surface area contributed by atoms with Crippen molar-refractivity contribution in [3.8, 4) is 0 Å². The predicted octanol–water partition coefficient (Wildman–Crippen LogP) is 4.51. The first-order valence-electron chi connectivity index (χ1n) is 5.96. The van der Waals surface area contributed by atoms with Crippen LogP contribution in [-0.4, -0.2) is 9.78 Å². The lowest BCUT2D eigenvalue weighted by atomic mass is 10.3. The number of hydrogen-bond acceptors (Lipinski definition) is 3. The van der Waals surface area contributed by atoms with Crippen molar-refractivity contribution in [2.45, 2.75) is 26.8 Å². The van der Waals surface area contributed by atoms with E-state index in [-0.39, 0.29) is 6.04 Å². The van der Waals surface area contributed by atoms with Crippen LogP contribution in [0, 0.1) is 6.92 Å². The summed E-state index contributed by atoms with van der Waals surface area (Å²) in [5, 5.41) is 8.33. The molecule has 19 heavy (non-hydrogen) atoms. The minimum atomic E-state index is 0.212. The monoisotopic (exact) mass is 342 g/mol. The fourth-order valence-corrected chi connectivity index (χ4v) is 2.31. The van der Waals surface area contributed by atoms with Crippen LogP contribution < -0.4 is 11.1 Å². The molecule has 0 fully saturated rings. The summed E-state index contributed by atoms with van der Waals surface area (Å²) in [7, 11) is 0. The Morgan fingerprint density at radius 2 is 2.11 bits per heavy atom. The minimum Gasteiger partial charge on any atom is -0.394 e. The molecule has 6 heteroatoms. The second-order valence-electron chi connectivity index (χ2n) is 4.64. The summed E-state index contributed by atoms with van der Waals surface area (Å²) in [6.45, 7) is 6.00. The molecule has 0 unspecified atom stereocenters. The van der Waals surface area contributed by atoms with Crippen LogP contribution in [0.25, 0.3) is 0 Å². The van der Waals surface area contributed by atoms with Crippen LogP contribution >= 0.6 is 27.5 Å². The molecule has 2 aromatic rings. The Hall–Kier alpha value is -1.20. The number of nitrogen functional groups attached to an aromatic ring is 1. The van der Waals surface area contributed by atoms with E-state index < -0.39 is 0 Å². The van der Waals surface area contributed by atoms with E-state index in [0.717, 1.165) is 21.7 Å². The molecule has 0 saturated heterocycles. The number of nitrogens with one attached hydrogen (secondary N) is 1. The van der Waals surface area contributed by atoms with Crippen LogP contribution in [0.3, 0.4) is 0 Å². The Kier molecular flexibility index (Phi) is 4.06. The van der Waals surface area contributed by atoms with Gasteiger partial charge in [0.15, 0.2) is 5.82 Å². The van der Waals surface area contributed by atoms with Gasteiger partial charge in [0.05, 0.1) is 22.1 Å². The van der Waals surface area contributed by atoms with Gasteiger partial charge < -0.3 is 11.1 Å². The fourth-order valence-electron chi connectivity index (χ4n) is 1.78. The molecule has 1 heterocycles. The van der Waals surface area contributed by atoms with Gasteiger partial charge in [-0.3, -0.25) is 0 Å². The maximum absolute atomic E-state index is 6.18. The zero-order valence-corrected chi connectivity index (χ0v) is 13.4. The fraction of sp³-hybridized carbons (Fsp3) is 0.308. The Bertz CT molecular complexity index is 607. The molecule has 0 atom stereocenters. The lowest BCUT2D eigenvalue weighted by Crippen LogP contribution is -2.08. The zero-order chi connectivity index (χ0) is 14.2. The van der Waals surface area contributed by atoms with E-state index in [1.807, 2.05) is 29.8 Å². The third-order valence-electron chi connectivity index (χ3n) is 2.80. The van der Waals surface area contributed by atoms with E-state index >= 15 is 0 Å². The van der Waals surface area contributed by atoms with Crippen molar-refractivity contribution >= 4 is 44.7 Å². The lowest BCUT2D eigenvalue weighted by molar-refractivity contribution is 0.536. The molecule has 4 nitrogen and oxygen atoms in total. The smallest absolute Gasteiger partial charge is 0.152 e. The van der Waals surface area contributed by atoms with Gasteiger partial charge in [-0.2, -0.15) is 5.10 Å². The molecule has 1 aromatic heterocycles. The Morgan fingerprint density at radius 3 is 2.74 bits per heavy atom. The molecule has 0 radical (unpaired) electrons. The minimum absolute atomic E-state index is 0.212. The van der Waals surface area contributed by atoms with E-state index in [1.165, 1.54) is 0 Å². The summed E-state index contributed by atoms with van der Waals surface area (Å²) in [5.74, 6) is 0.771. The first-order chi connectivity index (χ1) is 8.90. The highest BCUT2D eigenvalue weighted by Crippen LogP contribution is 2.33. The van der Waals surface area contributed by atoms with Crippen LogP contribution in [0.2, 0.25) is 5.02 Å². The van der Waals surface area contributed by atoms with E-state index in [0.29, 0.717) is 10.7 Å². The molecule has 0 spiro atoms. The summed E-state index contributed by atoms with van der Waals surface area (Å²) in [5.41, 5.74) is 8.32. The van der Waals surface area contributed by atoms with Gasteiger partial charge in [-0.05, 0) is 39.0 Å². The lowest BCUT2D eigenvalue weighted by Gasteiger charge is -2.14. The van der Waals surface area contributed by atoms with Crippen LogP contribution in [0.5, 0.6) is 0 Å². The number of nitrogens with two attached hydrogens (primary N) is 1. The van der Waals surface area contributed by atoms with Crippen molar-refractivity contribution in [1.29, 1.82) is 0 Å². The standard InChI is InChI=1S/C13H16BrClN4/c1-7(2)19-13(12(16)8(3)18-19)17-11-6-9(14)4-5-10(11)15/h4-7,17H,16H2,1-3H3. The highest BCUT2D eigenvalue weighted by atomic mass is 79.9. The van der Waals surface area contributed by atoms with Gasteiger partial charge in [0.25, 0.3) is 0 Å². The second kappa shape index (κ2) is 5.43. The van der Waals surface area contributed by atoms with E-state index in [2.05, 4.69) is 40.2 Å². The second-order valence-corrected chi connectivity index (χ2v) is 5.96. The zero-order valence-electron chi connectivity index (χ0n) is 11.0. The summed E-state index contributed by atoms with van der Waals surface area (Å²) >= 11 is 9.61. The number of hydrogen-bond donors (Lipinski definition) is 2. The van der Waals surface area contributed by atoms with Gasteiger partial charge >= 0.3 is 0 Å². The number of anilines is 3. The number of halogens is 2. The van der Waals surface area contributed by atoms with Crippen molar-refractivity contribution in [3.63, 3.8) is 0 Å². The molecule has 0 bridgehead atoms. The molecule has 0 aliphatic carbocycles. The summed E-state index contributed by atoms with van der Waals surface area (Å²) in [4.78, 5) is 0. The quantitative estimate of drug-likeness (QED) is 0.862. The molecule has 0 amide bonds. The number of rotatable bonds is 3. The Balaban J connectivity index is 2.45. The normalized spacial score (nSPS) is 11.1. The molecule has 0 aliphatic heterocycles. The van der Waals surface area contributed by atoms with Crippen LogP contribution in [-0.2, 0) is 0 Å². The van der Waals surface area contributed by atoms with E-state index in [1.54, 1.807) is 0 Å². The maximum atomic E-state index is 6.18. The molecular weight excluding hydrogens is 328 g/mol. The molecule has 0 saturated carbocycles. The van der Waals surface area contributed by atoms with Crippen molar-refractivity contribution < 1.29 is 0 Å². The molecule has 0 aliphatic rings. The largest absolute Gasteiger partial charge is 0.394 e. The van der Waals surface area contributed by atoms with Crippen molar-refractivity contribution in [2.75, 3.05) is 11.1 Å². The number of aryl methyl sites for hydroxylation is 1. The van der Waals surface area contributed by atoms with Gasteiger partial charge in [-0.15, -0.1) is 0 Å². The SMILES string of the molecule is Cc1nn(C(C)C)c(Nc2cc(Br)ccc2Cl)c1N. The van der Waals surface area contributed by atoms with E-state index in [9.17, 15) is 0 Å². The summed E-state index contributed by atoms with van der Waals surface area (Å²) < 4.78 is 2.81. The third kappa shape index (κ3) is 2.87. The van der Waals surface area contributed by atoms with Gasteiger partial charge in [0, 0.05) is 10.5 Å². The molecule has 2 rings (SSSR count).